The quantitative estimate of drug-likeness (QED) is 0.0862. The molecule has 14 rings (SSSR count). The van der Waals surface area contributed by atoms with Gasteiger partial charge in [-0.1, -0.05) is 113 Å². The van der Waals surface area contributed by atoms with E-state index in [1.165, 1.54) is 16.7 Å². The van der Waals surface area contributed by atoms with E-state index in [2.05, 4.69) is 130 Å². The van der Waals surface area contributed by atoms with Crippen LogP contribution >= 0.6 is 0 Å². The van der Waals surface area contributed by atoms with Crippen molar-refractivity contribution < 1.29 is 104 Å². The van der Waals surface area contributed by atoms with Crippen LogP contribution in [0.2, 0.25) is 0 Å². The average Bonchev–Trinajstić information content (AvgIpc) is 1.59. The zero-order chi connectivity index (χ0) is 67.5. The third-order valence-electron chi connectivity index (χ3n) is 19.2. The van der Waals surface area contributed by atoms with Gasteiger partial charge < -0.3 is 38.5 Å². The van der Waals surface area contributed by atoms with E-state index in [0.717, 1.165) is 75.8 Å². The van der Waals surface area contributed by atoms with Crippen LogP contribution in [0.25, 0.3) is 0 Å². The normalized spacial score (nSPS) is 20.3. The molecule has 8 aliphatic heterocycles. The largest absolute Gasteiger partial charge is 0.515 e. The number of carbonyl (C=O) groups is 4. The third-order valence-corrected chi connectivity index (χ3v) is 19.2. The predicted octanol–water partition coefficient (Wildman–Crippen LogP) is 15.2. The van der Waals surface area contributed by atoms with Crippen LogP contribution < -0.4 is 18.9 Å². The minimum Gasteiger partial charge on any atom is -0.515 e. The van der Waals surface area contributed by atoms with E-state index in [4.69, 9.17) is 23.9 Å². The number of ether oxygens (including phenoxy) is 4. The second-order valence-electron chi connectivity index (χ2n) is 28.5. The first-order valence-corrected chi connectivity index (χ1v) is 33.1. The summed E-state index contributed by atoms with van der Waals surface area (Å²) in [5.74, 6) is 2.38. The summed E-state index contributed by atoms with van der Waals surface area (Å²) < 4.78 is 25.2. The molecule has 4 fully saturated rings. The predicted molar refractivity (Wildman–Crippen MR) is 377 cm³/mol. The fourth-order valence-corrected chi connectivity index (χ4v) is 13.6. The van der Waals surface area contributed by atoms with E-state index in [0.29, 0.717) is 121 Å². The molecule has 4 atom stereocenters. The molecule has 4 saturated heterocycles. The summed E-state index contributed by atoms with van der Waals surface area (Å²) in [4.78, 5) is 79.4. The van der Waals surface area contributed by atoms with Crippen LogP contribution in [0.5, 0.6) is 23.0 Å². The van der Waals surface area contributed by atoms with Gasteiger partial charge in [0.15, 0.2) is 0 Å². The third kappa shape index (κ3) is 15.2. The molecule has 8 aliphatic rings. The number of aliphatic imine (C=N–C) groups is 4. The van der Waals surface area contributed by atoms with Crippen molar-refractivity contribution in [3.05, 3.63) is 211 Å². The van der Waals surface area contributed by atoms with Gasteiger partial charge in [0.05, 0.1) is 46.7 Å². The van der Waals surface area contributed by atoms with Crippen molar-refractivity contribution in [1.29, 1.82) is 0 Å². The van der Waals surface area contributed by atoms with Crippen LogP contribution in [-0.2, 0) is 103 Å². The summed E-state index contributed by atoms with van der Waals surface area (Å²) in [7, 11) is 0. The van der Waals surface area contributed by atoms with E-state index >= 15 is 0 Å². The number of hydrogen-bond acceptors (Lipinski definition) is 12. The number of carbonyl (C=O) groups excluding carboxylic acids is 4. The first-order valence-electron chi connectivity index (χ1n) is 33.1. The molecule has 8 heterocycles. The summed E-state index contributed by atoms with van der Waals surface area (Å²) in [5, 5.41) is 0. The van der Waals surface area contributed by atoms with Gasteiger partial charge in [-0.25, -0.2) is 0 Å². The van der Waals surface area contributed by atoms with Gasteiger partial charge >= 0.3 is 0 Å². The fraction of sp³-hybridized carbons (Fsp3) is 0.350. The molecule has 98 heavy (non-hydrogen) atoms. The van der Waals surface area contributed by atoms with Gasteiger partial charge in [0, 0.05) is 140 Å². The van der Waals surface area contributed by atoms with Gasteiger partial charge in [0.2, 0.25) is 11.8 Å². The Bertz CT molecular complexity index is 4430. The van der Waals surface area contributed by atoms with Crippen molar-refractivity contribution in [1.82, 2.24) is 19.6 Å². The Kier molecular flexibility index (Phi) is 21.3. The molecule has 498 valence electrons. The van der Waals surface area contributed by atoms with Gasteiger partial charge in [0.25, 0.3) is 11.8 Å². The molecule has 16 nitrogen and oxygen atoms in total. The van der Waals surface area contributed by atoms with Gasteiger partial charge in [-0.15, -0.1) is 24.3 Å². The Morgan fingerprint density at radius 1 is 0.439 bits per heavy atom. The summed E-state index contributed by atoms with van der Waals surface area (Å²) in [5.41, 5.74) is 17.3. The standard InChI is InChI=1S/C41H43N4O4.C39H39N4O4.2Y/c1-7-26-15-31-19-42-36-17-33(9-10-34(36)39(46)44(31)21-26)48-23-28-12-29(14-30(13-28)41(4,5)6)24-49-38-18-37-35(11-25(38)3)40(47)45-22-27(8-2)16-32(45)20-43-37;1-23-9-29-17-40-34-15-31(7-8-32(34)37(44)42(29)19-23)46-21-26-12-27(14-28(13-26)39(4,5)6)22-47-36-16-35-33(11-25(36)3)38(45)43-20-24(2)10-30(43)18-41-35;;/h7-8,10-14,17-20,31-32H,15-16,21-24H2,1-6H3;8,11-18,29-30H,1-2,9-10,19-22H2,3-6H3;;/q2*-1;;/b26-7+,27-8+;;;/t31-,32-;29-,30-;;/m00../s1. The number of benzene rings is 6. The maximum absolute atomic E-state index is 13.5. The molecular weight excluding hydrogens is 1380 g/mol. The Balaban J connectivity index is 0.000000195. The molecule has 0 aromatic heterocycles. The molecule has 0 bridgehead atoms. The second-order valence-corrected chi connectivity index (χ2v) is 28.5. The number of hydrogen-bond donors (Lipinski definition) is 0. The molecule has 4 amide bonds. The van der Waals surface area contributed by atoms with Crippen LogP contribution in [0.4, 0.5) is 22.7 Å². The molecule has 0 saturated carbocycles. The number of aryl methyl sites for hydroxylation is 2. The van der Waals surface area contributed by atoms with Crippen LogP contribution in [0.15, 0.2) is 153 Å². The van der Waals surface area contributed by atoms with E-state index < -0.39 is 0 Å². The molecular formula is C80H82N8O8Y2-2. The minimum atomic E-state index is -0.0947. The zero-order valence-corrected chi connectivity index (χ0v) is 63.4. The van der Waals surface area contributed by atoms with E-state index in [1.807, 2.05) is 96.4 Å². The van der Waals surface area contributed by atoms with Crippen molar-refractivity contribution in [2.75, 3.05) is 26.2 Å². The summed E-state index contributed by atoms with van der Waals surface area (Å²) in [6, 6.07) is 33.5. The number of fused-ring (bicyclic) bond motifs is 8. The van der Waals surface area contributed by atoms with Crippen LogP contribution in [0.3, 0.4) is 0 Å². The monoisotopic (exact) mass is 1460 g/mol. The van der Waals surface area contributed by atoms with Gasteiger partial charge in [-0.3, -0.25) is 39.1 Å². The van der Waals surface area contributed by atoms with Crippen molar-refractivity contribution in [3.8, 4) is 23.0 Å². The minimum absolute atomic E-state index is 0. The number of nitrogens with zero attached hydrogens (tertiary/aromatic N) is 8. The Labute approximate surface area is 625 Å². The average molecular weight is 1460 g/mol. The summed E-state index contributed by atoms with van der Waals surface area (Å²) in [6.07, 6.45) is 14.8. The SMILES string of the molecule is C/C=C1\C[C@H]2C=Nc3cc(OCc4cc(COc5cc6c(cc5C)C(=O)N5C/C(=C/C)C[C@H]5C=N6)cc(C(C)(C)C)c4)[c-]cc3C(=O)N2C1.C=C1C[C@H]2C=Nc3cc(OCc4cc(COc5cc6c(cc5C)C(=O)N5CC(=C)C[C@H]5C=N6)cc(C(C)(C)C)c4)[c-]cc3C(=O)N2C1.[Y].[Y]. The molecule has 0 spiro atoms. The smallest absolute Gasteiger partial charge is 0.256 e. The van der Waals surface area contributed by atoms with Gasteiger partial charge in [-0.05, 0) is 155 Å². The Hall–Kier alpha value is -7.75. The first kappa shape index (κ1) is 71.5. The maximum Gasteiger partial charge on any atom is 0.256 e. The Morgan fingerprint density at radius 3 is 1.10 bits per heavy atom. The fourth-order valence-electron chi connectivity index (χ4n) is 13.6. The van der Waals surface area contributed by atoms with Crippen LogP contribution in [0.1, 0.15) is 167 Å². The molecule has 18 heteroatoms. The summed E-state index contributed by atoms with van der Waals surface area (Å²) in [6.45, 7) is 32.9. The van der Waals surface area contributed by atoms with Crippen LogP contribution in [-0.4, -0.2) is 118 Å². The zero-order valence-electron chi connectivity index (χ0n) is 57.8. The number of amides is 4. The molecule has 0 unspecified atom stereocenters. The van der Waals surface area contributed by atoms with E-state index in [-0.39, 0.29) is 124 Å². The maximum atomic E-state index is 13.5. The van der Waals surface area contributed by atoms with Crippen molar-refractivity contribution in [2.45, 2.75) is 156 Å². The van der Waals surface area contributed by atoms with Crippen molar-refractivity contribution in [3.63, 3.8) is 0 Å². The molecule has 2 radical (unpaired) electrons. The number of rotatable bonds is 12. The molecule has 6 aromatic carbocycles. The van der Waals surface area contributed by atoms with Crippen molar-refractivity contribution in [2.24, 2.45) is 20.0 Å². The Morgan fingerprint density at radius 2 is 0.755 bits per heavy atom. The van der Waals surface area contributed by atoms with Gasteiger partial charge in [0.1, 0.15) is 37.9 Å². The first-order chi connectivity index (χ1) is 45.9. The van der Waals surface area contributed by atoms with Gasteiger partial charge in [-0.2, -0.15) is 12.1 Å². The number of allylic oxidation sites excluding steroid dienone is 2. The summed E-state index contributed by atoms with van der Waals surface area (Å²) >= 11 is 0. The van der Waals surface area contributed by atoms with Crippen molar-refractivity contribution >= 4 is 71.2 Å². The molecule has 0 N–H and O–H groups in total. The molecule has 0 aliphatic carbocycles. The van der Waals surface area contributed by atoms with E-state index in [1.54, 1.807) is 24.3 Å². The van der Waals surface area contributed by atoms with Crippen LogP contribution in [0, 0.1) is 26.0 Å². The molecule has 6 aromatic rings. The second kappa shape index (κ2) is 29.2. The van der Waals surface area contributed by atoms with E-state index in [9.17, 15) is 19.2 Å². The topological polar surface area (TPSA) is 168 Å².